The van der Waals surface area contributed by atoms with Gasteiger partial charge in [-0.25, -0.2) is 4.79 Å². The molecule has 0 amide bonds. The minimum absolute atomic E-state index is 0.1000. The molecule has 7 nitrogen and oxygen atoms in total. The summed E-state index contributed by atoms with van der Waals surface area (Å²) < 4.78 is 1.20. The first-order chi connectivity index (χ1) is 8.04. The molecule has 0 spiro atoms. The lowest BCUT2D eigenvalue weighted by atomic mass is 10.1. The number of hydrogen-bond donors (Lipinski definition) is 4. The van der Waals surface area contributed by atoms with Gasteiger partial charge < -0.3 is 21.1 Å². The normalized spacial score (nSPS) is 32.9. The SMILES string of the molecule is Nc1ccn([C@H]2S[C@@H](CO)[C@@H](O)[C@H]2O)c(=O)n1. The van der Waals surface area contributed by atoms with Crippen LogP contribution in [0.5, 0.6) is 0 Å². The molecule has 1 aromatic heterocycles. The fourth-order valence-corrected chi connectivity index (χ4v) is 3.11. The minimum atomic E-state index is -1.12. The predicted octanol–water partition coefficient (Wildman–Crippen LogP) is -1.85. The second-order valence-corrected chi connectivity index (χ2v) is 5.13. The van der Waals surface area contributed by atoms with Crippen molar-refractivity contribution in [3.05, 3.63) is 22.7 Å². The van der Waals surface area contributed by atoms with Gasteiger partial charge in [0.15, 0.2) is 0 Å². The molecule has 2 rings (SSSR count). The Morgan fingerprint density at radius 3 is 2.71 bits per heavy atom. The first kappa shape index (κ1) is 12.4. The average molecular weight is 259 g/mol. The Labute approximate surface area is 101 Å². The van der Waals surface area contributed by atoms with Crippen molar-refractivity contribution in [1.82, 2.24) is 9.55 Å². The Balaban J connectivity index is 2.32. The number of anilines is 1. The summed E-state index contributed by atoms with van der Waals surface area (Å²) in [5.41, 5.74) is 4.77. The zero-order valence-corrected chi connectivity index (χ0v) is 9.62. The molecular weight excluding hydrogens is 246 g/mol. The van der Waals surface area contributed by atoms with E-state index in [-0.39, 0.29) is 12.4 Å². The third-order valence-corrected chi connectivity index (χ3v) is 4.21. The van der Waals surface area contributed by atoms with Gasteiger partial charge in [0.2, 0.25) is 0 Å². The first-order valence-electron chi connectivity index (χ1n) is 5.01. The van der Waals surface area contributed by atoms with Crippen LogP contribution in [0.3, 0.4) is 0 Å². The van der Waals surface area contributed by atoms with Crippen molar-refractivity contribution < 1.29 is 15.3 Å². The molecule has 1 aliphatic heterocycles. The van der Waals surface area contributed by atoms with Crippen LogP contribution in [0.4, 0.5) is 5.82 Å². The Hall–Kier alpha value is -1.09. The molecule has 8 heteroatoms. The van der Waals surface area contributed by atoms with Crippen molar-refractivity contribution in [3.8, 4) is 0 Å². The lowest BCUT2D eigenvalue weighted by Gasteiger charge is -2.17. The van der Waals surface area contributed by atoms with Crippen LogP contribution in [0.25, 0.3) is 0 Å². The van der Waals surface area contributed by atoms with Crippen LogP contribution >= 0.6 is 11.8 Å². The van der Waals surface area contributed by atoms with Crippen LogP contribution in [0, 0.1) is 0 Å². The van der Waals surface area contributed by atoms with Gasteiger partial charge in [-0.15, -0.1) is 11.8 Å². The zero-order chi connectivity index (χ0) is 12.6. The topological polar surface area (TPSA) is 122 Å². The monoisotopic (exact) mass is 259 g/mol. The van der Waals surface area contributed by atoms with Crippen LogP contribution in [0.2, 0.25) is 0 Å². The van der Waals surface area contributed by atoms with Gasteiger partial charge in [-0.05, 0) is 6.07 Å². The molecule has 2 heterocycles. The van der Waals surface area contributed by atoms with Crippen LogP contribution in [-0.4, -0.2) is 48.9 Å². The Morgan fingerprint density at radius 2 is 2.18 bits per heavy atom. The first-order valence-corrected chi connectivity index (χ1v) is 5.96. The van der Waals surface area contributed by atoms with Crippen LogP contribution in [-0.2, 0) is 0 Å². The van der Waals surface area contributed by atoms with Gasteiger partial charge in [-0.3, -0.25) is 4.57 Å². The number of rotatable bonds is 2. The van der Waals surface area contributed by atoms with Crippen molar-refractivity contribution >= 4 is 17.6 Å². The molecule has 1 aliphatic rings. The minimum Gasteiger partial charge on any atom is -0.395 e. The zero-order valence-electron chi connectivity index (χ0n) is 8.80. The number of hydrogen-bond acceptors (Lipinski definition) is 7. The fourth-order valence-electron chi connectivity index (χ4n) is 1.73. The number of thioether (sulfide) groups is 1. The largest absolute Gasteiger partial charge is 0.395 e. The molecule has 0 aromatic carbocycles. The van der Waals surface area contributed by atoms with Gasteiger partial charge >= 0.3 is 5.69 Å². The van der Waals surface area contributed by atoms with Gasteiger partial charge in [0, 0.05) is 6.20 Å². The summed E-state index contributed by atoms with van der Waals surface area (Å²) in [4.78, 5) is 15.1. The maximum Gasteiger partial charge on any atom is 0.350 e. The highest BCUT2D eigenvalue weighted by Gasteiger charge is 2.43. The predicted molar refractivity (Wildman–Crippen MR) is 62.4 cm³/mol. The summed E-state index contributed by atoms with van der Waals surface area (Å²) in [6.45, 7) is -0.267. The second-order valence-electron chi connectivity index (χ2n) is 3.77. The molecule has 0 bridgehead atoms. The average Bonchev–Trinajstić information content (AvgIpc) is 2.57. The Kier molecular flexibility index (Phi) is 3.38. The lowest BCUT2D eigenvalue weighted by molar-refractivity contribution is 0.0101. The Bertz CT molecular complexity index is 466. The van der Waals surface area contributed by atoms with E-state index in [2.05, 4.69) is 4.98 Å². The third kappa shape index (κ3) is 2.16. The molecule has 4 atom stereocenters. The quantitative estimate of drug-likeness (QED) is 0.492. The van der Waals surface area contributed by atoms with E-state index in [1.807, 2.05) is 0 Å². The lowest BCUT2D eigenvalue weighted by Crippen LogP contribution is -2.36. The Morgan fingerprint density at radius 1 is 1.47 bits per heavy atom. The number of aliphatic hydroxyl groups excluding tert-OH is 3. The van der Waals surface area contributed by atoms with E-state index in [1.54, 1.807) is 0 Å². The molecule has 1 aromatic rings. The highest BCUT2D eigenvalue weighted by Crippen LogP contribution is 2.40. The van der Waals surface area contributed by atoms with E-state index in [1.165, 1.54) is 16.8 Å². The van der Waals surface area contributed by atoms with Crippen molar-refractivity contribution in [2.75, 3.05) is 12.3 Å². The van der Waals surface area contributed by atoms with Crippen molar-refractivity contribution in [2.45, 2.75) is 22.8 Å². The van der Waals surface area contributed by atoms with Gasteiger partial charge in [0.1, 0.15) is 17.3 Å². The molecule has 1 saturated heterocycles. The summed E-state index contributed by atoms with van der Waals surface area (Å²) in [7, 11) is 0. The third-order valence-electron chi connectivity index (χ3n) is 2.64. The number of aromatic nitrogens is 2. The molecule has 94 valence electrons. The second kappa shape index (κ2) is 4.65. The van der Waals surface area contributed by atoms with E-state index >= 15 is 0 Å². The van der Waals surface area contributed by atoms with Crippen molar-refractivity contribution in [2.24, 2.45) is 0 Å². The molecule has 0 unspecified atom stereocenters. The van der Waals surface area contributed by atoms with Crippen molar-refractivity contribution in [3.63, 3.8) is 0 Å². The number of aliphatic hydroxyl groups is 3. The standard InChI is InChI=1S/C9H13N3O4S/c10-5-1-2-12(9(16)11-5)8-7(15)6(14)4(3-13)17-8/h1-2,4,6-8,13-15H,3H2,(H2,10,11,16)/t4-,6+,7+,8-/m0/s1. The molecule has 0 saturated carbocycles. The van der Waals surface area contributed by atoms with E-state index in [0.29, 0.717) is 0 Å². The number of nitrogens with zero attached hydrogens (tertiary/aromatic N) is 2. The smallest absolute Gasteiger partial charge is 0.350 e. The van der Waals surface area contributed by atoms with Gasteiger partial charge in [0.05, 0.1) is 18.0 Å². The van der Waals surface area contributed by atoms with Crippen LogP contribution in [0.1, 0.15) is 5.37 Å². The molecule has 1 fully saturated rings. The molecule has 17 heavy (non-hydrogen) atoms. The molecule has 0 radical (unpaired) electrons. The summed E-state index contributed by atoms with van der Waals surface area (Å²) in [5, 5.41) is 27.3. The van der Waals surface area contributed by atoms with Crippen molar-refractivity contribution in [1.29, 1.82) is 0 Å². The van der Waals surface area contributed by atoms with Gasteiger partial charge in [-0.1, -0.05) is 0 Å². The van der Waals surface area contributed by atoms with Crippen LogP contribution in [0.15, 0.2) is 17.1 Å². The molecular formula is C9H13N3O4S. The molecule has 0 aliphatic carbocycles. The van der Waals surface area contributed by atoms with E-state index in [4.69, 9.17) is 10.8 Å². The van der Waals surface area contributed by atoms with E-state index in [0.717, 1.165) is 11.8 Å². The summed E-state index contributed by atoms with van der Waals surface area (Å²) >= 11 is 1.13. The van der Waals surface area contributed by atoms with Gasteiger partial charge in [0.25, 0.3) is 0 Å². The summed E-state index contributed by atoms with van der Waals surface area (Å²) in [6.07, 6.45) is -0.780. The maximum atomic E-state index is 11.6. The number of nitrogens with two attached hydrogens (primary N) is 1. The van der Waals surface area contributed by atoms with E-state index in [9.17, 15) is 15.0 Å². The highest BCUT2D eigenvalue weighted by molar-refractivity contribution is 8.00. The summed E-state index contributed by atoms with van der Waals surface area (Å²) in [5.74, 6) is 0.1000. The molecule has 5 N–H and O–H groups in total. The summed E-state index contributed by atoms with van der Waals surface area (Å²) in [6, 6.07) is 1.44. The van der Waals surface area contributed by atoms with Crippen LogP contribution < -0.4 is 11.4 Å². The highest BCUT2D eigenvalue weighted by atomic mass is 32.2. The maximum absolute atomic E-state index is 11.6. The fraction of sp³-hybridized carbons (Fsp3) is 0.556. The van der Waals surface area contributed by atoms with E-state index < -0.39 is 28.5 Å². The van der Waals surface area contributed by atoms with Gasteiger partial charge in [-0.2, -0.15) is 4.98 Å². The number of nitrogen functional groups attached to an aromatic ring is 1.